The van der Waals surface area contributed by atoms with Crippen molar-refractivity contribution in [2.24, 2.45) is 0 Å². The van der Waals surface area contributed by atoms with Crippen LogP contribution in [0.25, 0.3) is 0 Å². The zero-order chi connectivity index (χ0) is 12.1. The zero-order valence-corrected chi connectivity index (χ0v) is 10.2. The Morgan fingerprint density at radius 1 is 1.50 bits per heavy atom. The molecule has 0 bridgehead atoms. The molecule has 1 amide bonds. The van der Waals surface area contributed by atoms with Gasteiger partial charge in [-0.3, -0.25) is 4.79 Å². The van der Waals surface area contributed by atoms with Crippen LogP contribution in [0.15, 0.2) is 24.3 Å². The Morgan fingerprint density at radius 2 is 2.19 bits per heavy atom. The molecular formula is C12H16ClNO2. The van der Waals surface area contributed by atoms with Crippen LogP contribution in [0.2, 0.25) is 0 Å². The summed E-state index contributed by atoms with van der Waals surface area (Å²) in [5.74, 6) is 0.398. The summed E-state index contributed by atoms with van der Waals surface area (Å²) < 4.78 is 0. The Bertz CT molecular complexity index is 366. The van der Waals surface area contributed by atoms with Crippen LogP contribution in [-0.2, 0) is 0 Å². The number of nitrogens with zero attached hydrogens (tertiary/aromatic N) is 1. The number of amides is 1. The quantitative estimate of drug-likeness (QED) is 0.823. The lowest BCUT2D eigenvalue weighted by atomic mass is 10.1. The number of hydrogen-bond acceptors (Lipinski definition) is 2. The fourth-order valence-electron chi connectivity index (χ4n) is 1.49. The van der Waals surface area contributed by atoms with E-state index in [1.807, 2.05) is 13.8 Å². The summed E-state index contributed by atoms with van der Waals surface area (Å²) in [6.07, 6.45) is 0. The van der Waals surface area contributed by atoms with Crippen LogP contribution in [0.3, 0.4) is 0 Å². The number of phenolic OH excluding ortho intramolecular Hbond substituents is 1. The molecule has 4 heteroatoms. The molecule has 16 heavy (non-hydrogen) atoms. The van der Waals surface area contributed by atoms with Crippen LogP contribution < -0.4 is 0 Å². The van der Waals surface area contributed by atoms with Crippen molar-refractivity contribution in [2.45, 2.75) is 19.9 Å². The number of carbonyl (C=O) groups excluding carboxylic acids is 1. The van der Waals surface area contributed by atoms with Gasteiger partial charge in [0.05, 0.1) is 0 Å². The standard InChI is InChI=1S/C12H16ClNO2/c1-9(2)14(7-6-13)12(16)10-4-3-5-11(15)8-10/h3-5,8-9,15H,6-7H2,1-2H3. The van der Waals surface area contributed by atoms with Gasteiger partial charge in [0.15, 0.2) is 0 Å². The van der Waals surface area contributed by atoms with E-state index in [0.29, 0.717) is 18.0 Å². The third kappa shape index (κ3) is 3.14. The SMILES string of the molecule is CC(C)N(CCCl)C(=O)c1cccc(O)c1. The summed E-state index contributed by atoms with van der Waals surface area (Å²) in [7, 11) is 0. The number of aromatic hydroxyl groups is 1. The summed E-state index contributed by atoms with van der Waals surface area (Å²) in [6.45, 7) is 4.38. The molecule has 0 spiro atoms. The predicted octanol–water partition coefficient (Wildman–Crippen LogP) is 2.48. The average molecular weight is 242 g/mol. The Labute approximate surface area is 101 Å². The minimum Gasteiger partial charge on any atom is -0.508 e. The van der Waals surface area contributed by atoms with E-state index in [9.17, 15) is 9.90 Å². The van der Waals surface area contributed by atoms with Crippen LogP contribution in [0.4, 0.5) is 0 Å². The molecule has 3 nitrogen and oxygen atoms in total. The van der Waals surface area contributed by atoms with E-state index < -0.39 is 0 Å². The molecular weight excluding hydrogens is 226 g/mol. The lowest BCUT2D eigenvalue weighted by Crippen LogP contribution is -2.38. The second-order valence-corrected chi connectivity index (χ2v) is 4.21. The lowest BCUT2D eigenvalue weighted by Gasteiger charge is -2.26. The molecule has 0 fully saturated rings. The summed E-state index contributed by atoms with van der Waals surface area (Å²) in [5.41, 5.74) is 0.485. The molecule has 1 aromatic rings. The van der Waals surface area contributed by atoms with E-state index in [2.05, 4.69) is 0 Å². The smallest absolute Gasteiger partial charge is 0.254 e. The van der Waals surface area contributed by atoms with Gasteiger partial charge < -0.3 is 10.0 Å². The highest BCUT2D eigenvalue weighted by atomic mass is 35.5. The number of phenols is 1. The molecule has 0 atom stereocenters. The van der Waals surface area contributed by atoms with Gasteiger partial charge in [0, 0.05) is 24.0 Å². The summed E-state index contributed by atoms with van der Waals surface area (Å²) >= 11 is 5.66. The van der Waals surface area contributed by atoms with Crippen LogP contribution in [0.5, 0.6) is 5.75 Å². The Kier molecular flexibility index (Phi) is 4.62. The molecule has 0 aliphatic heterocycles. The van der Waals surface area contributed by atoms with Gasteiger partial charge in [0.25, 0.3) is 5.91 Å². The Balaban J connectivity index is 2.90. The van der Waals surface area contributed by atoms with Crippen LogP contribution in [0.1, 0.15) is 24.2 Å². The van der Waals surface area contributed by atoms with E-state index in [1.165, 1.54) is 12.1 Å². The number of carbonyl (C=O) groups is 1. The maximum atomic E-state index is 12.1. The lowest BCUT2D eigenvalue weighted by molar-refractivity contribution is 0.0718. The van der Waals surface area contributed by atoms with Crippen molar-refractivity contribution in [3.8, 4) is 5.75 Å². The predicted molar refractivity (Wildman–Crippen MR) is 65.0 cm³/mol. The number of benzene rings is 1. The monoisotopic (exact) mass is 241 g/mol. The highest BCUT2D eigenvalue weighted by molar-refractivity contribution is 6.18. The Morgan fingerprint density at radius 3 is 2.69 bits per heavy atom. The van der Waals surface area contributed by atoms with Crippen molar-refractivity contribution in [2.75, 3.05) is 12.4 Å². The van der Waals surface area contributed by atoms with Crippen molar-refractivity contribution in [1.29, 1.82) is 0 Å². The molecule has 0 aliphatic rings. The first kappa shape index (κ1) is 12.8. The van der Waals surface area contributed by atoms with Gasteiger partial charge in [0.2, 0.25) is 0 Å². The molecule has 1 rings (SSSR count). The van der Waals surface area contributed by atoms with Crippen LogP contribution >= 0.6 is 11.6 Å². The first-order valence-electron chi connectivity index (χ1n) is 5.22. The largest absolute Gasteiger partial charge is 0.508 e. The van der Waals surface area contributed by atoms with E-state index in [0.717, 1.165) is 0 Å². The first-order valence-corrected chi connectivity index (χ1v) is 5.75. The highest BCUT2D eigenvalue weighted by Crippen LogP contribution is 2.14. The van der Waals surface area contributed by atoms with Gasteiger partial charge >= 0.3 is 0 Å². The van der Waals surface area contributed by atoms with Gasteiger partial charge in [-0.25, -0.2) is 0 Å². The van der Waals surface area contributed by atoms with E-state index in [-0.39, 0.29) is 17.7 Å². The molecule has 1 aromatic carbocycles. The second-order valence-electron chi connectivity index (χ2n) is 3.83. The minimum absolute atomic E-state index is 0.0913. The maximum Gasteiger partial charge on any atom is 0.254 e. The van der Waals surface area contributed by atoms with Gasteiger partial charge in [-0.15, -0.1) is 11.6 Å². The fraction of sp³-hybridized carbons (Fsp3) is 0.417. The number of rotatable bonds is 4. The van der Waals surface area contributed by atoms with Gasteiger partial charge in [-0.05, 0) is 32.0 Å². The molecule has 0 aromatic heterocycles. The zero-order valence-electron chi connectivity index (χ0n) is 9.48. The molecule has 88 valence electrons. The topological polar surface area (TPSA) is 40.5 Å². The molecule has 0 saturated heterocycles. The molecule has 0 aliphatic carbocycles. The van der Waals surface area contributed by atoms with Crippen molar-refractivity contribution < 1.29 is 9.90 Å². The van der Waals surface area contributed by atoms with Crippen LogP contribution in [-0.4, -0.2) is 34.4 Å². The third-order valence-corrected chi connectivity index (χ3v) is 2.47. The molecule has 0 radical (unpaired) electrons. The summed E-state index contributed by atoms with van der Waals surface area (Å²) in [6, 6.07) is 6.44. The average Bonchev–Trinajstić information content (AvgIpc) is 2.24. The van der Waals surface area contributed by atoms with Crippen molar-refractivity contribution in [1.82, 2.24) is 4.90 Å². The Hall–Kier alpha value is -1.22. The van der Waals surface area contributed by atoms with Gasteiger partial charge in [-0.1, -0.05) is 6.07 Å². The molecule has 1 N–H and O–H groups in total. The van der Waals surface area contributed by atoms with Crippen molar-refractivity contribution in [3.05, 3.63) is 29.8 Å². The molecule has 0 heterocycles. The van der Waals surface area contributed by atoms with Gasteiger partial charge in [0.1, 0.15) is 5.75 Å². The van der Waals surface area contributed by atoms with E-state index in [1.54, 1.807) is 17.0 Å². The third-order valence-electron chi connectivity index (χ3n) is 2.30. The molecule has 0 unspecified atom stereocenters. The number of halogens is 1. The first-order chi connectivity index (χ1) is 7.56. The van der Waals surface area contributed by atoms with Crippen LogP contribution in [0, 0.1) is 0 Å². The van der Waals surface area contributed by atoms with E-state index in [4.69, 9.17) is 11.6 Å². The van der Waals surface area contributed by atoms with Crippen molar-refractivity contribution in [3.63, 3.8) is 0 Å². The fourth-order valence-corrected chi connectivity index (χ4v) is 1.67. The van der Waals surface area contributed by atoms with Crippen molar-refractivity contribution >= 4 is 17.5 Å². The maximum absolute atomic E-state index is 12.1. The minimum atomic E-state index is -0.105. The number of alkyl halides is 1. The summed E-state index contributed by atoms with van der Waals surface area (Å²) in [4.78, 5) is 13.8. The number of hydrogen-bond donors (Lipinski definition) is 1. The van der Waals surface area contributed by atoms with E-state index >= 15 is 0 Å². The summed E-state index contributed by atoms with van der Waals surface area (Å²) in [5, 5.41) is 9.32. The normalized spacial score (nSPS) is 10.5. The molecule has 0 saturated carbocycles. The highest BCUT2D eigenvalue weighted by Gasteiger charge is 2.18. The van der Waals surface area contributed by atoms with Gasteiger partial charge in [-0.2, -0.15) is 0 Å². The second kappa shape index (κ2) is 5.75.